The topological polar surface area (TPSA) is 107 Å². The number of carbonyl (C=O) groups excluding carboxylic acids is 2. The maximum atomic E-state index is 12.6. The molecule has 0 spiro atoms. The van der Waals surface area contributed by atoms with Crippen LogP contribution in [0.1, 0.15) is 31.8 Å². The zero-order valence-corrected chi connectivity index (χ0v) is 19.7. The molecule has 0 bridgehead atoms. The predicted molar refractivity (Wildman–Crippen MR) is 141 cm³/mol. The van der Waals surface area contributed by atoms with Gasteiger partial charge in [0.2, 0.25) is 0 Å². The maximum Gasteiger partial charge on any atom is 0.255 e. The molecule has 0 aliphatic carbocycles. The predicted octanol–water partition coefficient (Wildman–Crippen LogP) is 3.31. The molecule has 0 atom stereocenters. The molecule has 9 heteroatoms. The minimum Gasteiger partial charge on any atom is -0.368 e. The van der Waals surface area contributed by atoms with Gasteiger partial charge in [0.15, 0.2) is 0 Å². The van der Waals surface area contributed by atoms with Gasteiger partial charge in [0.25, 0.3) is 11.8 Å². The molecule has 35 heavy (non-hydrogen) atoms. The lowest BCUT2D eigenvalue weighted by Gasteiger charge is -2.09. The third kappa shape index (κ3) is 5.67. The summed E-state index contributed by atoms with van der Waals surface area (Å²) in [6.07, 6.45) is 0. The van der Waals surface area contributed by atoms with Crippen molar-refractivity contribution >= 4 is 47.3 Å². The molecule has 3 aromatic rings. The molecule has 0 unspecified atom stereocenters. The fourth-order valence-electron chi connectivity index (χ4n) is 3.78. The molecule has 0 aromatic heterocycles. The first-order valence-corrected chi connectivity index (χ1v) is 11.2. The van der Waals surface area contributed by atoms with E-state index >= 15 is 0 Å². The lowest BCUT2D eigenvalue weighted by Crippen LogP contribution is -2.19. The second-order valence-corrected chi connectivity index (χ2v) is 7.95. The summed E-state index contributed by atoms with van der Waals surface area (Å²) in [4.78, 5) is 34.0. The van der Waals surface area contributed by atoms with Crippen molar-refractivity contribution in [3.8, 4) is 0 Å². The van der Waals surface area contributed by atoms with Crippen LogP contribution in [0.2, 0.25) is 0 Å². The van der Waals surface area contributed by atoms with Crippen molar-refractivity contribution in [1.29, 1.82) is 0 Å². The number of benzene rings is 3. The molecule has 2 aliphatic rings. The van der Waals surface area contributed by atoms with E-state index in [2.05, 4.69) is 31.3 Å². The lowest BCUT2D eigenvalue weighted by molar-refractivity contribution is 0.102. The van der Waals surface area contributed by atoms with Crippen molar-refractivity contribution in [2.45, 2.75) is 0 Å². The number of halogens is 1. The SMILES string of the molecule is Cl.O=C(Nc1ccc(C2=NCCN2)cc1)c1ccc(NC(=O)c2ccc(C3=NCCN3)cc2)cc1. The van der Waals surface area contributed by atoms with Crippen LogP contribution in [-0.2, 0) is 0 Å². The van der Waals surface area contributed by atoms with Crippen molar-refractivity contribution in [2.24, 2.45) is 9.98 Å². The summed E-state index contributed by atoms with van der Waals surface area (Å²) in [5.41, 5.74) is 4.32. The molecule has 0 saturated carbocycles. The van der Waals surface area contributed by atoms with E-state index in [0.29, 0.717) is 22.5 Å². The van der Waals surface area contributed by atoms with Gasteiger partial charge in [-0.25, -0.2) is 0 Å². The zero-order valence-electron chi connectivity index (χ0n) is 18.9. The maximum absolute atomic E-state index is 12.6. The van der Waals surface area contributed by atoms with Gasteiger partial charge >= 0.3 is 0 Å². The van der Waals surface area contributed by atoms with E-state index in [-0.39, 0.29) is 24.2 Å². The number of rotatable bonds is 6. The van der Waals surface area contributed by atoms with Crippen molar-refractivity contribution in [1.82, 2.24) is 10.6 Å². The van der Waals surface area contributed by atoms with Gasteiger partial charge in [0.1, 0.15) is 11.7 Å². The number of nitrogens with one attached hydrogen (secondary N) is 4. The first-order valence-electron chi connectivity index (χ1n) is 11.2. The summed E-state index contributed by atoms with van der Waals surface area (Å²) >= 11 is 0. The van der Waals surface area contributed by atoms with Crippen LogP contribution in [-0.4, -0.2) is 49.7 Å². The second kappa shape index (κ2) is 10.8. The number of amidine groups is 2. The molecular formula is C26H25ClN6O2. The first kappa shape index (κ1) is 24.0. The van der Waals surface area contributed by atoms with Crippen LogP contribution in [0.3, 0.4) is 0 Å². The Morgan fingerprint density at radius 1 is 0.600 bits per heavy atom. The molecule has 3 aromatic carbocycles. The average Bonchev–Trinajstić information content (AvgIpc) is 3.60. The van der Waals surface area contributed by atoms with Gasteiger partial charge in [-0.15, -0.1) is 12.4 Å². The number of carbonyl (C=O) groups is 2. The van der Waals surface area contributed by atoms with Gasteiger partial charge in [-0.3, -0.25) is 19.6 Å². The third-order valence-electron chi connectivity index (χ3n) is 5.59. The molecule has 0 saturated heterocycles. The van der Waals surface area contributed by atoms with Crippen molar-refractivity contribution in [3.05, 3.63) is 95.1 Å². The van der Waals surface area contributed by atoms with Crippen LogP contribution in [0, 0.1) is 0 Å². The summed E-state index contributed by atoms with van der Waals surface area (Å²) in [5.74, 6) is 1.30. The van der Waals surface area contributed by atoms with E-state index in [1.807, 2.05) is 36.4 Å². The van der Waals surface area contributed by atoms with Crippen molar-refractivity contribution in [2.75, 3.05) is 36.8 Å². The molecule has 0 radical (unpaired) electrons. The van der Waals surface area contributed by atoms with Crippen LogP contribution >= 0.6 is 12.4 Å². The summed E-state index contributed by atoms with van der Waals surface area (Å²) in [6.45, 7) is 3.24. The Morgan fingerprint density at radius 3 is 1.37 bits per heavy atom. The fourth-order valence-corrected chi connectivity index (χ4v) is 3.78. The molecule has 2 amide bonds. The van der Waals surface area contributed by atoms with Gasteiger partial charge < -0.3 is 21.3 Å². The monoisotopic (exact) mass is 488 g/mol. The first-order chi connectivity index (χ1) is 16.7. The van der Waals surface area contributed by atoms with Crippen LogP contribution in [0.4, 0.5) is 11.4 Å². The Balaban J connectivity index is 0.00000289. The highest BCUT2D eigenvalue weighted by molar-refractivity contribution is 6.07. The Labute approximate surface area is 209 Å². The largest absolute Gasteiger partial charge is 0.368 e. The van der Waals surface area contributed by atoms with E-state index in [0.717, 1.165) is 49.0 Å². The van der Waals surface area contributed by atoms with Crippen LogP contribution < -0.4 is 21.3 Å². The normalized spacial score (nSPS) is 14.1. The summed E-state index contributed by atoms with van der Waals surface area (Å²) in [7, 11) is 0. The average molecular weight is 489 g/mol. The molecule has 8 nitrogen and oxygen atoms in total. The Morgan fingerprint density at radius 2 is 0.971 bits per heavy atom. The number of aliphatic imine (C=N–C) groups is 2. The van der Waals surface area contributed by atoms with E-state index < -0.39 is 0 Å². The highest BCUT2D eigenvalue weighted by Gasteiger charge is 2.12. The highest BCUT2D eigenvalue weighted by atomic mass is 35.5. The van der Waals surface area contributed by atoms with E-state index in [4.69, 9.17) is 0 Å². The van der Waals surface area contributed by atoms with Gasteiger partial charge in [-0.2, -0.15) is 0 Å². The van der Waals surface area contributed by atoms with Gasteiger partial charge in [-0.1, -0.05) is 12.1 Å². The molecule has 2 heterocycles. The molecule has 5 rings (SSSR count). The van der Waals surface area contributed by atoms with Crippen molar-refractivity contribution in [3.63, 3.8) is 0 Å². The van der Waals surface area contributed by atoms with Gasteiger partial charge in [0.05, 0.1) is 13.1 Å². The fraction of sp³-hybridized carbons (Fsp3) is 0.154. The standard InChI is InChI=1S/C26H24N6O2.ClH/c33-25(19-3-1-17(2-4-19)23-27-13-14-28-23)32-22-11-7-20(8-12-22)26(34)31-21-9-5-18(6-10-21)24-29-15-16-30-24;/h1-12H,13-16H2,(H,27,28)(H,29,30)(H,31,34)(H,32,33);1H. The Hall–Kier alpha value is -4.17. The van der Waals surface area contributed by atoms with Crippen molar-refractivity contribution < 1.29 is 9.59 Å². The number of nitrogens with zero attached hydrogens (tertiary/aromatic N) is 2. The van der Waals surface area contributed by atoms with E-state index in [1.54, 1.807) is 36.4 Å². The van der Waals surface area contributed by atoms with Crippen LogP contribution in [0.15, 0.2) is 82.8 Å². The van der Waals surface area contributed by atoms with Crippen LogP contribution in [0.5, 0.6) is 0 Å². The Bertz CT molecular complexity index is 1270. The zero-order chi connectivity index (χ0) is 23.3. The number of anilines is 2. The Kier molecular flexibility index (Phi) is 7.42. The number of amides is 2. The van der Waals surface area contributed by atoms with E-state index in [1.165, 1.54) is 0 Å². The minimum atomic E-state index is -0.221. The highest BCUT2D eigenvalue weighted by Crippen LogP contribution is 2.16. The number of hydrogen-bond donors (Lipinski definition) is 4. The molecule has 4 N–H and O–H groups in total. The van der Waals surface area contributed by atoms with E-state index in [9.17, 15) is 9.59 Å². The number of hydrogen-bond acceptors (Lipinski definition) is 6. The summed E-state index contributed by atoms with van der Waals surface area (Å²) in [5, 5.41) is 12.2. The quantitative estimate of drug-likeness (QED) is 0.427. The third-order valence-corrected chi connectivity index (χ3v) is 5.59. The minimum absolute atomic E-state index is 0. The smallest absolute Gasteiger partial charge is 0.255 e. The lowest BCUT2D eigenvalue weighted by atomic mass is 10.1. The molecule has 0 fully saturated rings. The summed E-state index contributed by atoms with van der Waals surface area (Å²) < 4.78 is 0. The summed E-state index contributed by atoms with van der Waals surface area (Å²) in [6, 6.07) is 21.7. The second-order valence-electron chi connectivity index (χ2n) is 7.95. The molecule has 2 aliphatic heterocycles. The van der Waals surface area contributed by atoms with Gasteiger partial charge in [0, 0.05) is 46.7 Å². The molecule has 178 valence electrons. The van der Waals surface area contributed by atoms with Gasteiger partial charge in [-0.05, 0) is 60.7 Å². The molecular weight excluding hydrogens is 464 g/mol. The van der Waals surface area contributed by atoms with Crippen LogP contribution in [0.25, 0.3) is 0 Å².